The van der Waals surface area contributed by atoms with Crippen LogP contribution in [-0.2, 0) is 20.9 Å². The van der Waals surface area contributed by atoms with Gasteiger partial charge in [-0.1, -0.05) is 44.2 Å². The van der Waals surface area contributed by atoms with Gasteiger partial charge in [-0.15, -0.1) is 0 Å². The molecule has 25 heavy (non-hydrogen) atoms. The van der Waals surface area contributed by atoms with Gasteiger partial charge in [0.15, 0.2) is 5.78 Å². The Morgan fingerprint density at radius 2 is 1.80 bits per heavy atom. The zero-order valence-corrected chi connectivity index (χ0v) is 16.0. The lowest BCUT2D eigenvalue weighted by molar-refractivity contribution is -0.122. The van der Waals surface area contributed by atoms with Gasteiger partial charge in [-0.25, -0.2) is 4.79 Å². The van der Waals surface area contributed by atoms with Gasteiger partial charge in [0.25, 0.3) is 0 Å². The van der Waals surface area contributed by atoms with Gasteiger partial charge >= 0.3 is 6.09 Å². The van der Waals surface area contributed by atoms with Crippen LogP contribution in [0.15, 0.2) is 30.3 Å². The second-order valence-electron chi connectivity index (χ2n) is 7.38. The van der Waals surface area contributed by atoms with Crippen molar-refractivity contribution in [3.05, 3.63) is 35.9 Å². The quantitative estimate of drug-likeness (QED) is 0.729. The van der Waals surface area contributed by atoms with Crippen molar-refractivity contribution >= 4 is 11.9 Å². The average Bonchev–Trinajstić information content (AvgIpc) is 2.51. The normalized spacial score (nSPS) is 13.8. The average molecular weight is 349 g/mol. The monoisotopic (exact) mass is 349 g/mol. The summed E-state index contributed by atoms with van der Waals surface area (Å²) in [5, 5.41) is 2.66. The molecular weight excluding hydrogens is 318 g/mol. The molecule has 0 spiro atoms. The van der Waals surface area contributed by atoms with Gasteiger partial charge < -0.3 is 14.8 Å². The third kappa shape index (κ3) is 9.25. The summed E-state index contributed by atoms with van der Waals surface area (Å²) >= 11 is 0. The van der Waals surface area contributed by atoms with Crippen LogP contribution in [0.4, 0.5) is 4.79 Å². The van der Waals surface area contributed by atoms with Crippen molar-refractivity contribution < 1.29 is 19.1 Å². The number of ketones is 1. The Balaban J connectivity index is 2.37. The third-order valence-electron chi connectivity index (χ3n) is 3.55. The summed E-state index contributed by atoms with van der Waals surface area (Å²) < 4.78 is 10.9. The summed E-state index contributed by atoms with van der Waals surface area (Å²) in [6, 6.07) is 9.40. The molecule has 0 aliphatic heterocycles. The van der Waals surface area contributed by atoms with Crippen molar-refractivity contribution in [3.8, 4) is 0 Å². The number of Topliss-reactive ketones (excluding diaryl/α,β-unsaturated/α-hetero) is 1. The van der Waals surface area contributed by atoms with E-state index in [0.717, 1.165) is 5.56 Å². The van der Waals surface area contributed by atoms with Gasteiger partial charge in [0.05, 0.1) is 12.6 Å². The molecule has 0 aromatic heterocycles. The number of alkyl carbamates (subject to hydrolysis) is 1. The van der Waals surface area contributed by atoms with E-state index in [1.807, 2.05) is 44.2 Å². The molecule has 1 N–H and O–H groups in total. The summed E-state index contributed by atoms with van der Waals surface area (Å²) in [5.74, 6) is 0.0925. The summed E-state index contributed by atoms with van der Waals surface area (Å²) in [4.78, 5) is 24.2. The summed E-state index contributed by atoms with van der Waals surface area (Å²) in [7, 11) is 0. The SMILES string of the molecule is CC[C@H](NC(=O)OC(C)(C)C)C(=O)CC(C)COCc1ccccc1. The van der Waals surface area contributed by atoms with Gasteiger partial charge in [-0.2, -0.15) is 0 Å². The molecule has 0 fully saturated rings. The van der Waals surface area contributed by atoms with E-state index < -0.39 is 17.7 Å². The lowest BCUT2D eigenvalue weighted by Gasteiger charge is -2.23. The Kier molecular flexibility index (Phi) is 8.62. The van der Waals surface area contributed by atoms with Crippen LogP contribution in [0.3, 0.4) is 0 Å². The maximum atomic E-state index is 12.4. The smallest absolute Gasteiger partial charge is 0.408 e. The lowest BCUT2D eigenvalue weighted by atomic mass is 9.99. The molecular formula is C20H31NO4. The standard InChI is InChI=1S/C20H31NO4/c1-6-17(21-19(23)25-20(3,4)5)18(22)12-15(2)13-24-14-16-10-8-7-9-11-16/h7-11,15,17H,6,12-14H2,1-5H3,(H,21,23)/t15?,17-/m0/s1. The minimum atomic E-state index is -0.579. The van der Waals surface area contributed by atoms with Crippen molar-refractivity contribution in [2.75, 3.05) is 6.61 Å². The molecule has 140 valence electrons. The zero-order valence-electron chi connectivity index (χ0n) is 16.0. The molecule has 0 heterocycles. The van der Waals surface area contributed by atoms with E-state index in [-0.39, 0.29) is 11.7 Å². The highest BCUT2D eigenvalue weighted by Crippen LogP contribution is 2.11. The topological polar surface area (TPSA) is 64.6 Å². The van der Waals surface area contributed by atoms with E-state index in [1.54, 1.807) is 20.8 Å². The van der Waals surface area contributed by atoms with Crippen molar-refractivity contribution in [1.82, 2.24) is 5.32 Å². The number of hydrogen-bond donors (Lipinski definition) is 1. The lowest BCUT2D eigenvalue weighted by Crippen LogP contribution is -2.43. The van der Waals surface area contributed by atoms with Crippen LogP contribution in [0.2, 0.25) is 0 Å². The Morgan fingerprint density at radius 1 is 1.16 bits per heavy atom. The van der Waals surface area contributed by atoms with Crippen LogP contribution in [0.1, 0.15) is 53.0 Å². The highest BCUT2D eigenvalue weighted by Gasteiger charge is 2.24. The van der Waals surface area contributed by atoms with Crippen LogP contribution >= 0.6 is 0 Å². The zero-order chi connectivity index (χ0) is 18.9. The van der Waals surface area contributed by atoms with E-state index >= 15 is 0 Å². The first-order valence-electron chi connectivity index (χ1n) is 8.85. The number of rotatable bonds is 9. The van der Waals surface area contributed by atoms with Crippen LogP contribution in [0.5, 0.6) is 0 Å². The van der Waals surface area contributed by atoms with Crippen LogP contribution < -0.4 is 5.32 Å². The molecule has 5 nitrogen and oxygen atoms in total. The van der Waals surface area contributed by atoms with Crippen LogP contribution in [0, 0.1) is 5.92 Å². The van der Waals surface area contributed by atoms with E-state index in [1.165, 1.54) is 0 Å². The van der Waals surface area contributed by atoms with E-state index in [9.17, 15) is 9.59 Å². The van der Waals surface area contributed by atoms with Gasteiger partial charge in [-0.05, 0) is 38.7 Å². The van der Waals surface area contributed by atoms with Crippen LogP contribution in [-0.4, -0.2) is 30.1 Å². The Hall–Kier alpha value is -1.88. The first-order valence-corrected chi connectivity index (χ1v) is 8.85. The Labute approximate surface area is 151 Å². The molecule has 0 radical (unpaired) electrons. The van der Waals surface area contributed by atoms with Gasteiger partial charge in [-0.3, -0.25) is 4.79 Å². The Morgan fingerprint density at radius 3 is 2.36 bits per heavy atom. The van der Waals surface area contributed by atoms with Gasteiger partial charge in [0.1, 0.15) is 5.60 Å². The fourth-order valence-electron chi connectivity index (χ4n) is 2.36. The predicted octanol–water partition coefficient (Wildman–Crippen LogP) is 4.10. The predicted molar refractivity (Wildman–Crippen MR) is 98.3 cm³/mol. The molecule has 1 aromatic carbocycles. The van der Waals surface area contributed by atoms with Crippen molar-refractivity contribution in [3.63, 3.8) is 0 Å². The fraction of sp³-hybridized carbons (Fsp3) is 0.600. The molecule has 0 aliphatic carbocycles. The van der Waals surface area contributed by atoms with Crippen LogP contribution in [0.25, 0.3) is 0 Å². The number of ether oxygens (including phenoxy) is 2. The Bertz CT molecular complexity index is 536. The molecule has 0 aliphatic rings. The molecule has 2 atom stereocenters. The number of amides is 1. The number of nitrogens with one attached hydrogen (secondary N) is 1. The first kappa shape index (κ1) is 21.2. The van der Waals surface area contributed by atoms with E-state index in [2.05, 4.69) is 5.32 Å². The largest absolute Gasteiger partial charge is 0.444 e. The molecule has 1 amide bonds. The molecule has 0 bridgehead atoms. The van der Waals surface area contributed by atoms with Crippen molar-refractivity contribution in [2.45, 2.75) is 65.7 Å². The minimum absolute atomic E-state index is 0.00386. The second-order valence-corrected chi connectivity index (χ2v) is 7.38. The summed E-state index contributed by atoms with van der Waals surface area (Å²) in [5.41, 5.74) is 0.531. The molecule has 0 saturated carbocycles. The van der Waals surface area contributed by atoms with Gasteiger partial charge in [0, 0.05) is 13.0 Å². The maximum absolute atomic E-state index is 12.4. The molecule has 5 heteroatoms. The van der Waals surface area contributed by atoms with Crippen molar-refractivity contribution in [2.24, 2.45) is 5.92 Å². The highest BCUT2D eigenvalue weighted by molar-refractivity contribution is 5.87. The number of carbonyl (C=O) groups is 2. The van der Waals surface area contributed by atoms with E-state index in [0.29, 0.717) is 26.1 Å². The number of hydrogen-bond acceptors (Lipinski definition) is 4. The highest BCUT2D eigenvalue weighted by atomic mass is 16.6. The van der Waals surface area contributed by atoms with E-state index in [4.69, 9.17) is 9.47 Å². The van der Waals surface area contributed by atoms with Crippen molar-refractivity contribution in [1.29, 1.82) is 0 Å². The number of benzene rings is 1. The first-order chi connectivity index (χ1) is 11.7. The van der Waals surface area contributed by atoms with Gasteiger partial charge in [0.2, 0.25) is 0 Å². The summed E-state index contributed by atoms with van der Waals surface area (Å²) in [6.45, 7) is 10.3. The third-order valence-corrected chi connectivity index (χ3v) is 3.55. The minimum Gasteiger partial charge on any atom is -0.444 e. The second kappa shape index (κ2) is 10.2. The fourth-order valence-corrected chi connectivity index (χ4v) is 2.36. The molecule has 1 unspecified atom stereocenters. The molecule has 1 rings (SSSR count). The number of carbonyl (C=O) groups excluding carboxylic acids is 2. The molecule has 0 saturated heterocycles. The maximum Gasteiger partial charge on any atom is 0.408 e. The summed E-state index contributed by atoms with van der Waals surface area (Å²) in [6.07, 6.45) is 0.347. The molecule has 1 aromatic rings.